The van der Waals surface area contributed by atoms with Gasteiger partial charge < -0.3 is 15.0 Å². The van der Waals surface area contributed by atoms with E-state index in [0.717, 1.165) is 24.3 Å². The van der Waals surface area contributed by atoms with Gasteiger partial charge in [-0.25, -0.2) is 13.1 Å². The van der Waals surface area contributed by atoms with E-state index in [1.54, 1.807) is 4.90 Å². The Balaban J connectivity index is 1.99. The molecule has 0 aliphatic carbocycles. The van der Waals surface area contributed by atoms with E-state index in [-0.39, 0.29) is 22.9 Å². The third-order valence-electron chi connectivity index (χ3n) is 4.14. The molecule has 0 bridgehead atoms. The van der Waals surface area contributed by atoms with Crippen LogP contribution in [0.5, 0.6) is 5.75 Å². The zero-order valence-corrected chi connectivity index (χ0v) is 15.0. The van der Waals surface area contributed by atoms with E-state index in [1.807, 2.05) is 13.8 Å². The fraction of sp³-hybridized carbons (Fsp3) is 0.533. The normalized spacial score (nSPS) is 21.5. The van der Waals surface area contributed by atoms with E-state index in [4.69, 9.17) is 0 Å². The van der Waals surface area contributed by atoms with Gasteiger partial charge in [0, 0.05) is 25.2 Å². The number of hydrogen-bond acceptors (Lipinski definition) is 5. The Hall–Kier alpha value is -1.85. The molecule has 1 fully saturated rings. The summed E-state index contributed by atoms with van der Waals surface area (Å²) in [6.07, 6.45) is -4.86. The molecule has 7 nitrogen and oxygen atoms in total. The Morgan fingerprint density at radius 1 is 1.31 bits per heavy atom. The third-order valence-corrected chi connectivity index (χ3v) is 5.55. The van der Waals surface area contributed by atoms with Gasteiger partial charge >= 0.3 is 6.36 Å². The molecule has 146 valence electrons. The zero-order valence-electron chi connectivity index (χ0n) is 14.2. The van der Waals surface area contributed by atoms with Gasteiger partial charge in [-0.3, -0.25) is 4.79 Å². The van der Waals surface area contributed by atoms with Crippen LogP contribution >= 0.6 is 0 Å². The molecule has 1 heterocycles. The van der Waals surface area contributed by atoms with Crippen molar-refractivity contribution in [3.05, 3.63) is 24.3 Å². The van der Waals surface area contributed by atoms with E-state index in [9.17, 15) is 26.4 Å². The highest BCUT2D eigenvalue weighted by atomic mass is 32.2. The second-order valence-electron chi connectivity index (χ2n) is 5.91. The number of rotatable bonds is 5. The van der Waals surface area contributed by atoms with Crippen molar-refractivity contribution in [2.75, 3.05) is 19.6 Å². The van der Waals surface area contributed by atoms with E-state index in [0.29, 0.717) is 13.1 Å². The quantitative estimate of drug-likeness (QED) is 0.779. The summed E-state index contributed by atoms with van der Waals surface area (Å²) in [5, 5.41) is 3.21. The summed E-state index contributed by atoms with van der Waals surface area (Å²) >= 11 is 0. The van der Waals surface area contributed by atoms with Crippen LogP contribution in [0, 0.1) is 0 Å². The fourth-order valence-corrected chi connectivity index (χ4v) is 3.55. The highest BCUT2D eigenvalue weighted by molar-refractivity contribution is 7.89. The van der Waals surface area contributed by atoms with Gasteiger partial charge in [0.15, 0.2) is 0 Å². The number of halogens is 3. The minimum Gasteiger partial charge on any atom is -0.406 e. The number of nitrogens with one attached hydrogen (secondary N) is 2. The van der Waals surface area contributed by atoms with Crippen molar-refractivity contribution in [2.24, 2.45) is 0 Å². The predicted octanol–water partition coefficient (Wildman–Crippen LogP) is 1.07. The van der Waals surface area contributed by atoms with Gasteiger partial charge in [-0.15, -0.1) is 13.2 Å². The number of nitrogens with zero attached hydrogens (tertiary/aromatic N) is 1. The number of hydrogen-bond donors (Lipinski definition) is 2. The van der Waals surface area contributed by atoms with Crippen LogP contribution in [-0.2, 0) is 14.8 Å². The Kier molecular flexibility index (Phi) is 6.14. The molecule has 1 aliphatic rings. The lowest BCUT2D eigenvalue weighted by Gasteiger charge is -2.38. The van der Waals surface area contributed by atoms with E-state index in [1.165, 1.54) is 0 Å². The first kappa shape index (κ1) is 20.5. The predicted molar refractivity (Wildman–Crippen MR) is 87.0 cm³/mol. The number of carbonyl (C=O) groups excluding carboxylic acids is 1. The summed E-state index contributed by atoms with van der Waals surface area (Å²) in [4.78, 5) is 13.6. The Morgan fingerprint density at radius 2 is 1.92 bits per heavy atom. The Bertz CT molecular complexity index is 737. The lowest BCUT2D eigenvalue weighted by molar-refractivity contribution is -0.274. The summed E-state index contributed by atoms with van der Waals surface area (Å²) < 4.78 is 66.6. The van der Waals surface area contributed by atoms with Crippen LogP contribution in [0.15, 0.2) is 29.2 Å². The van der Waals surface area contributed by atoms with Gasteiger partial charge in [0.2, 0.25) is 15.9 Å². The molecule has 1 amide bonds. The van der Waals surface area contributed by atoms with Crippen LogP contribution < -0.4 is 14.8 Å². The van der Waals surface area contributed by atoms with E-state index in [2.05, 4.69) is 14.8 Å². The molecule has 0 spiro atoms. The van der Waals surface area contributed by atoms with Gasteiger partial charge in [0.05, 0.1) is 11.4 Å². The summed E-state index contributed by atoms with van der Waals surface area (Å²) in [5.74, 6) is -0.900. The highest BCUT2D eigenvalue weighted by Crippen LogP contribution is 2.23. The minimum absolute atomic E-state index is 0.0837. The minimum atomic E-state index is -4.86. The molecule has 26 heavy (non-hydrogen) atoms. The average Bonchev–Trinajstić information content (AvgIpc) is 2.54. The number of sulfonamides is 1. The van der Waals surface area contributed by atoms with Crippen molar-refractivity contribution in [3.63, 3.8) is 0 Å². The first-order chi connectivity index (χ1) is 12.0. The molecule has 11 heteroatoms. The number of carbonyl (C=O) groups is 1. The van der Waals surface area contributed by atoms with Crippen LogP contribution in [0.1, 0.15) is 13.8 Å². The van der Waals surface area contributed by atoms with E-state index >= 15 is 0 Å². The summed E-state index contributed by atoms with van der Waals surface area (Å²) in [6, 6.07) is 3.74. The lowest BCUT2D eigenvalue weighted by atomic mass is 10.1. The first-order valence-corrected chi connectivity index (χ1v) is 9.36. The molecule has 0 saturated carbocycles. The molecule has 1 aromatic rings. The van der Waals surface area contributed by atoms with Crippen LogP contribution in [-0.4, -0.2) is 57.3 Å². The summed E-state index contributed by atoms with van der Waals surface area (Å²) in [6.45, 7) is 4.45. The molecule has 1 saturated heterocycles. The van der Waals surface area contributed by atoms with Gasteiger partial charge in [-0.1, -0.05) is 0 Å². The first-order valence-electron chi connectivity index (χ1n) is 7.88. The van der Waals surface area contributed by atoms with Gasteiger partial charge in [-0.05, 0) is 38.1 Å². The van der Waals surface area contributed by atoms with E-state index < -0.39 is 28.7 Å². The van der Waals surface area contributed by atoms with Gasteiger partial charge in [-0.2, -0.15) is 0 Å². The maximum atomic E-state index is 12.3. The van der Waals surface area contributed by atoms with Crippen molar-refractivity contribution >= 4 is 15.9 Å². The summed E-state index contributed by atoms with van der Waals surface area (Å²) in [7, 11) is -4.04. The van der Waals surface area contributed by atoms with Crippen LogP contribution in [0.2, 0.25) is 0 Å². The number of amides is 1. The SMILES string of the molecule is CC1NCCN(C(=O)CNS(=O)(=O)c2ccc(OC(F)(F)F)cc2)C1C. The molecular weight excluding hydrogens is 375 g/mol. The molecule has 0 aromatic heterocycles. The third kappa shape index (κ3) is 5.32. The maximum Gasteiger partial charge on any atom is 0.573 e. The molecule has 1 aromatic carbocycles. The zero-order chi connectivity index (χ0) is 19.5. The molecule has 2 atom stereocenters. The molecular formula is C15H20F3N3O4S. The van der Waals surface area contributed by atoms with Crippen molar-refractivity contribution in [1.29, 1.82) is 0 Å². The Labute approximate surface area is 149 Å². The van der Waals surface area contributed by atoms with Crippen LogP contribution in [0.4, 0.5) is 13.2 Å². The van der Waals surface area contributed by atoms with Crippen LogP contribution in [0.25, 0.3) is 0 Å². The monoisotopic (exact) mass is 395 g/mol. The smallest absolute Gasteiger partial charge is 0.406 e. The van der Waals surface area contributed by atoms with Gasteiger partial charge in [0.25, 0.3) is 0 Å². The number of ether oxygens (including phenoxy) is 1. The number of benzene rings is 1. The average molecular weight is 395 g/mol. The van der Waals surface area contributed by atoms with Crippen molar-refractivity contribution < 1.29 is 31.1 Å². The lowest BCUT2D eigenvalue weighted by Crippen LogP contribution is -2.58. The Morgan fingerprint density at radius 3 is 2.50 bits per heavy atom. The van der Waals surface area contributed by atoms with Crippen molar-refractivity contribution in [1.82, 2.24) is 14.9 Å². The van der Waals surface area contributed by atoms with Gasteiger partial charge in [0.1, 0.15) is 5.75 Å². The summed E-state index contributed by atoms with van der Waals surface area (Å²) in [5.41, 5.74) is 0. The molecule has 0 radical (unpaired) electrons. The standard InChI is InChI=1S/C15H20F3N3O4S/c1-10-11(2)21(8-7-19-10)14(22)9-20-26(23,24)13-5-3-12(4-6-13)25-15(16,17)18/h3-6,10-11,19-20H,7-9H2,1-2H3. The molecule has 1 aliphatic heterocycles. The largest absolute Gasteiger partial charge is 0.573 e. The van der Waals surface area contributed by atoms with Crippen LogP contribution in [0.3, 0.4) is 0 Å². The molecule has 2 unspecified atom stereocenters. The maximum absolute atomic E-state index is 12.3. The topological polar surface area (TPSA) is 87.7 Å². The molecule has 2 N–H and O–H groups in total. The highest BCUT2D eigenvalue weighted by Gasteiger charge is 2.31. The number of alkyl halides is 3. The second kappa shape index (κ2) is 7.80. The van der Waals surface area contributed by atoms with Crippen molar-refractivity contribution in [3.8, 4) is 5.75 Å². The number of piperazine rings is 1. The van der Waals surface area contributed by atoms with Crippen molar-refractivity contribution in [2.45, 2.75) is 37.2 Å². The fourth-order valence-electron chi connectivity index (χ4n) is 2.57. The second-order valence-corrected chi connectivity index (χ2v) is 7.68. The molecule has 2 rings (SSSR count).